The van der Waals surface area contributed by atoms with E-state index in [1.54, 1.807) is 7.11 Å². The first-order chi connectivity index (χ1) is 14.5. The van der Waals surface area contributed by atoms with E-state index in [1.165, 1.54) is 43.0 Å². The molecule has 0 radical (unpaired) electrons. The second-order valence-electron chi connectivity index (χ2n) is 6.36. The lowest BCUT2D eigenvalue weighted by Crippen LogP contribution is -2.23. The molecule has 2 aromatic carbocycles. The number of nitrogens with zero attached hydrogens (tertiary/aromatic N) is 3. The molecular formula is C21H21FN4O3S. The molecule has 1 amide bonds. The van der Waals surface area contributed by atoms with Crippen molar-refractivity contribution in [1.82, 2.24) is 20.1 Å². The Hall–Kier alpha value is -3.20. The molecule has 0 atom stereocenters. The molecule has 0 fully saturated rings. The van der Waals surface area contributed by atoms with Crippen LogP contribution in [0.2, 0.25) is 0 Å². The highest BCUT2D eigenvalue weighted by Gasteiger charge is 2.19. The van der Waals surface area contributed by atoms with Gasteiger partial charge in [0.1, 0.15) is 17.4 Å². The molecule has 0 aliphatic rings. The Balaban J connectivity index is 1.86. The number of ketones is 1. The minimum Gasteiger partial charge on any atom is -0.495 e. The number of hydrogen-bond donors (Lipinski definition) is 1. The molecule has 1 N–H and O–H groups in total. The summed E-state index contributed by atoms with van der Waals surface area (Å²) < 4.78 is 20.4. The molecule has 9 heteroatoms. The molecule has 3 rings (SSSR count). The third kappa shape index (κ3) is 5.24. The van der Waals surface area contributed by atoms with Gasteiger partial charge in [0.2, 0.25) is 5.91 Å². The van der Waals surface area contributed by atoms with Gasteiger partial charge in [0.25, 0.3) is 0 Å². The molecule has 0 unspecified atom stereocenters. The van der Waals surface area contributed by atoms with Gasteiger partial charge in [-0.2, -0.15) is 0 Å². The van der Waals surface area contributed by atoms with Crippen molar-refractivity contribution in [1.29, 1.82) is 0 Å². The average molecular weight is 428 g/mol. The zero-order valence-corrected chi connectivity index (χ0v) is 17.4. The number of ether oxygens (including phenoxy) is 1. The first kappa shape index (κ1) is 21.5. The third-order valence-electron chi connectivity index (χ3n) is 4.25. The molecule has 3 aromatic rings. The summed E-state index contributed by atoms with van der Waals surface area (Å²) >= 11 is 1.23. The van der Waals surface area contributed by atoms with E-state index < -0.39 is 0 Å². The standard InChI is InChI=1S/C21H21FN4O3S/c1-14(27)23-12-11-20-24-25-21(26(20)17-5-3-4-6-19(17)29-2)30-13-18(28)15-7-9-16(22)10-8-15/h3-10H,11-13H2,1-2H3,(H,23,27). The fraction of sp³-hybridized carbons (Fsp3) is 0.238. The molecule has 0 saturated heterocycles. The Bertz CT molecular complexity index is 1040. The summed E-state index contributed by atoms with van der Waals surface area (Å²) in [6.07, 6.45) is 0.455. The van der Waals surface area contributed by atoms with Crippen molar-refractivity contribution < 1.29 is 18.7 Å². The van der Waals surface area contributed by atoms with E-state index in [-0.39, 0.29) is 23.3 Å². The van der Waals surface area contributed by atoms with Crippen LogP contribution in [0.5, 0.6) is 5.75 Å². The van der Waals surface area contributed by atoms with Gasteiger partial charge in [0, 0.05) is 25.5 Å². The highest BCUT2D eigenvalue weighted by atomic mass is 32.2. The number of halogens is 1. The van der Waals surface area contributed by atoms with Crippen molar-refractivity contribution in [2.45, 2.75) is 18.5 Å². The Morgan fingerprint density at radius 1 is 1.13 bits per heavy atom. The largest absolute Gasteiger partial charge is 0.495 e. The van der Waals surface area contributed by atoms with Crippen molar-refractivity contribution in [3.63, 3.8) is 0 Å². The van der Waals surface area contributed by atoms with Gasteiger partial charge in [-0.15, -0.1) is 10.2 Å². The first-order valence-electron chi connectivity index (χ1n) is 9.23. The van der Waals surface area contributed by atoms with Gasteiger partial charge < -0.3 is 10.1 Å². The number of benzene rings is 2. The predicted molar refractivity (Wildman–Crippen MR) is 112 cm³/mol. The number of carbonyl (C=O) groups is 2. The quantitative estimate of drug-likeness (QED) is 0.416. The predicted octanol–water partition coefficient (Wildman–Crippen LogP) is 3.07. The molecule has 30 heavy (non-hydrogen) atoms. The van der Waals surface area contributed by atoms with E-state index in [9.17, 15) is 14.0 Å². The Morgan fingerprint density at radius 3 is 2.57 bits per heavy atom. The SMILES string of the molecule is COc1ccccc1-n1c(CCNC(C)=O)nnc1SCC(=O)c1ccc(F)cc1. The summed E-state index contributed by atoms with van der Waals surface area (Å²) in [5.41, 5.74) is 1.16. The lowest BCUT2D eigenvalue weighted by molar-refractivity contribution is -0.118. The number of carbonyl (C=O) groups excluding carboxylic acids is 2. The summed E-state index contributed by atoms with van der Waals surface area (Å²) in [6, 6.07) is 12.9. The van der Waals surface area contributed by atoms with Crippen LogP contribution in [0, 0.1) is 5.82 Å². The average Bonchev–Trinajstić information content (AvgIpc) is 3.14. The van der Waals surface area contributed by atoms with Gasteiger partial charge in [0.05, 0.1) is 18.6 Å². The highest BCUT2D eigenvalue weighted by Crippen LogP contribution is 2.29. The molecule has 156 valence electrons. The van der Waals surface area contributed by atoms with Gasteiger partial charge >= 0.3 is 0 Å². The van der Waals surface area contributed by atoms with Crippen molar-refractivity contribution in [3.05, 3.63) is 65.7 Å². The number of hydrogen-bond acceptors (Lipinski definition) is 6. The van der Waals surface area contributed by atoms with E-state index in [1.807, 2.05) is 28.8 Å². The Labute approximate surface area is 177 Å². The summed E-state index contributed by atoms with van der Waals surface area (Å²) in [5.74, 6) is 0.714. The molecule has 0 spiro atoms. The zero-order chi connectivity index (χ0) is 21.5. The lowest BCUT2D eigenvalue weighted by Gasteiger charge is -2.13. The van der Waals surface area contributed by atoms with Crippen LogP contribution in [0.4, 0.5) is 4.39 Å². The number of rotatable bonds is 9. The third-order valence-corrected chi connectivity index (χ3v) is 5.18. The molecule has 0 aliphatic heterocycles. The van der Waals surface area contributed by atoms with Gasteiger partial charge in [-0.3, -0.25) is 14.2 Å². The van der Waals surface area contributed by atoms with Crippen molar-refractivity contribution in [2.75, 3.05) is 19.4 Å². The fourth-order valence-electron chi connectivity index (χ4n) is 2.81. The van der Waals surface area contributed by atoms with Crippen LogP contribution in [0.25, 0.3) is 5.69 Å². The maximum absolute atomic E-state index is 13.1. The molecule has 7 nitrogen and oxygen atoms in total. The number of nitrogens with one attached hydrogen (secondary N) is 1. The maximum atomic E-state index is 13.1. The summed E-state index contributed by atoms with van der Waals surface area (Å²) in [4.78, 5) is 23.7. The van der Waals surface area contributed by atoms with Gasteiger partial charge in [0.15, 0.2) is 10.9 Å². The monoisotopic (exact) mass is 428 g/mol. The number of aromatic nitrogens is 3. The van der Waals surface area contributed by atoms with E-state index in [4.69, 9.17) is 4.74 Å². The second-order valence-corrected chi connectivity index (χ2v) is 7.30. The first-order valence-corrected chi connectivity index (χ1v) is 10.2. The van der Waals surface area contributed by atoms with E-state index >= 15 is 0 Å². The smallest absolute Gasteiger partial charge is 0.216 e. The van der Waals surface area contributed by atoms with Crippen LogP contribution in [0.3, 0.4) is 0 Å². The summed E-state index contributed by atoms with van der Waals surface area (Å²) in [6.45, 7) is 1.86. The van der Waals surface area contributed by atoms with Crippen LogP contribution in [0.1, 0.15) is 23.1 Å². The van der Waals surface area contributed by atoms with Crippen molar-refractivity contribution in [2.24, 2.45) is 0 Å². The van der Waals surface area contributed by atoms with Gasteiger partial charge in [-0.05, 0) is 36.4 Å². The fourth-order valence-corrected chi connectivity index (χ4v) is 3.67. The number of amides is 1. The molecule has 1 aromatic heterocycles. The van der Waals surface area contributed by atoms with E-state index in [0.29, 0.717) is 35.3 Å². The molecule has 0 saturated carbocycles. The zero-order valence-electron chi connectivity index (χ0n) is 16.6. The van der Waals surface area contributed by atoms with E-state index in [0.717, 1.165) is 5.69 Å². The minimum absolute atomic E-state index is 0.116. The number of thioether (sulfide) groups is 1. The molecule has 0 bridgehead atoms. The van der Waals surface area contributed by atoms with Crippen LogP contribution < -0.4 is 10.1 Å². The van der Waals surface area contributed by atoms with Crippen LogP contribution in [-0.2, 0) is 11.2 Å². The minimum atomic E-state index is -0.390. The topological polar surface area (TPSA) is 86.1 Å². The Kier molecular flexibility index (Phi) is 7.18. The lowest BCUT2D eigenvalue weighted by atomic mass is 10.1. The van der Waals surface area contributed by atoms with Crippen LogP contribution in [0.15, 0.2) is 53.7 Å². The Morgan fingerprint density at radius 2 is 1.87 bits per heavy atom. The van der Waals surface area contributed by atoms with E-state index in [2.05, 4.69) is 15.5 Å². The van der Waals surface area contributed by atoms with Crippen molar-refractivity contribution in [3.8, 4) is 11.4 Å². The highest BCUT2D eigenvalue weighted by molar-refractivity contribution is 7.99. The number of Topliss-reactive ketones (excluding diaryl/α,β-unsaturated/α-hetero) is 1. The number of methoxy groups -OCH3 is 1. The van der Waals surface area contributed by atoms with Gasteiger partial charge in [-0.25, -0.2) is 4.39 Å². The van der Waals surface area contributed by atoms with Gasteiger partial charge in [-0.1, -0.05) is 23.9 Å². The normalized spacial score (nSPS) is 10.6. The van der Waals surface area contributed by atoms with Crippen LogP contribution >= 0.6 is 11.8 Å². The van der Waals surface area contributed by atoms with Crippen molar-refractivity contribution >= 4 is 23.5 Å². The second kappa shape index (κ2) is 10.0. The number of para-hydroxylation sites is 2. The molecule has 0 aliphatic carbocycles. The summed E-state index contributed by atoms with van der Waals surface area (Å²) in [5, 5.41) is 11.8. The van der Waals surface area contributed by atoms with Crippen LogP contribution in [-0.4, -0.2) is 45.9 Å². The summed E-state index contributed by atoms with van der Waals surface area (Å²) in [7, 11) is 1.57. The molecular weight excluding hydrogens is 407 g/mol. The maximum Gasteiger partial charge on any atom is 0.216 e. The molecule has 1 heterocycles.